The molecule has 1 fully saturated rings. The summed E-state index contributed by atoms with van der Waals surface area (Å²) in [5.41, 5.74) is 1.16. The van der Waals surface area contributed by atoms with E-state index in [2.05, 4.69) is 27.4 Å². The smallest absolute Gasteiger partial charge is 0.413 e. The van der Waals surface area contributed by atoms with Gasteiger partial charge in [-0.2, -0.15) is 0 Å². The molecule has 1 aromatic carbocycles. The van der Waals surface area contributed by atoms with Gasteiger partial charge in [0.15, 0.2) is 0 Å². The lowest BCUT2D eigenvalue weighted by Crippen LogP contribution is -2.46. The molecule has 0 N–H and O–H groups in total. The summed E-state index contributed by atoms with van der Waals surface area (Å²) in [5.74, 6) is 0. The second-order valence-electron chi connectivity index (χ2n) is 7.51. The van der Waals surface area contributed by atoms with E-state index in [1.807, 2.05) is 18.2 Å². The maximum absolute atomic E-state index is 12.2. The van der Waals surface area contributed by atoms with Crippen LogP contribution in [0.25, 0.3) is 0 Å². The van der Waals surface area contributed by atoms with Gasteiger partial charge in [0.25, 0.3) is 0 Å². The molecule has 1 amide bonds. The standard InChI is InChI=1S/C19H25Cl2NO2.C4H10/c1-4-10-19(13-14-8-9-15(20)16(21)12-14)11-6-7-17(19)22(5-2)18(23)24-3;1-3-4-2/h5,8-9,12,17H,2,4,6-7,10-11,13H2,1,3H3;3-4H2,1-2H3. The molecule has 3 nitrogen and oxygen atoms in total. The Morgan fingerprint density at radius 1 is 1.25 bits per heavy atom. The summed E-state index contributed by atoms with van der Waals surface area (Å²) in [6.07, 6.45) is 9.99. The van der Waals surface area contributed by atoms with Crippen molar-refractivity contribution >= 4 is 29.3 Å². The van der Waals surface area contributed by atoms with Crippen LogP contribution in [-0.2, 0) is 11.2 Å². The Labute approximate surface area is 181 Å². The topological polar surface area (TPSA) is 29.5 Å². The largest absolute Gasteiger partial charge is 0.452 e. The molecule has 28 heavy (non-hydrogen) atoms. The molecule has 2 rings (SSSR count). The van der Waals surface area contributed by atoms with Gasteiger partial charge in [-0.25, -0.2) is 4.79 Å². The Kier molecular flexibility index (Phi) is 11.0. The van der Waals surface area contributed by atoms with E-state index in [-0.39, 0.29) is 17.6 Å². The van der Waals surface area contributed by atoms with Crippen LogP contribution in [0.2, 0.25) is 10.0 Å². The zero-order valence-corrected chi connectivity index (χ0v) is 19.3. The van der Waals surface area contributed by atoms with Crippen LogP contribution in [0.15, 0.2) is 31.0 Å². The van der Waals surface area contributed by atoms with Crippen molar-refractivity contribution in [3.8, 4) is 0 Å². The first kappa shape index (κ1) is 24.8. The molecule has 0 spiro atoms. The second-order valence-corrected chi connectivity index (χ2v) is 8.32. The quantitative estimate of drug-likeness (QED) is 0.442. The van der Waals surface area contributed by atoms with Crippen molar-refractivity contribution < 1.29 is 9.53 Å². The maximum atomic E-state index is 12.2. The minimum Gasteiger partial charge on any atom is -0.452 e. The van der Waals surface area contributed by atoms with Crippen LogP contribution in [0, 0.1) is 5.41 Å². The van der Waals surface area contributed by atoms with Gasteiger partial charge in [-0.1, -0.05) is 82.3 Å². The van der Waals surface area contributed by atoms with Crippen molar-refractivity contribution in [3.05, 3.63) is 46.6 Å². The van der Waals surface area contributed by atoms with Crippen LogP contribution in [0.1, 0.15) is 71.3 Å². The minimum absolute atomic E-state index is 0.00822. The van der Waals surface area contributed by atoms with Crippen molar-refractivity contribution in [3.63, 3.8) is 0 Å². The molecule has 0 aromatic heterocycles. The Morgan fingerprint density at radius 3 is 2.43 bits per heavy atom. The second kappa shape index (κ2) is 12.4. The number of carbonyl (C=O) groups is 1. The number of carbonyl (C=O) groups excluding carboxylic acids is 1. The lowest BCUT2D eigenvalue weighted by atomic mass is 9.73. The number of ether oxygens (including phenoxy) is 1. The highest BCUT2D eigenvalue weighted by Crippen LogP contribution is 2.48. The molecule has 2 unspecified atom stereocenters. The molecule has 0 radical (unpaired) electrons. The van der Waals surface area contributed by atoms with Gasteiger partial charge in [0.2, 0.25) is 0 Å². The van der Waals surface area contributed by atoms with Gasteiger partial charge in [-0.3, -0.25) is 4.90 Å². The number of unbranched alkanes of at least 4 members (excludes halogenated alkanes) is 1. The molecule has 158 valence electrons. The van der Waals surface area contributed by atoms with Crippen LogP contribution in [0.4, 0.5) is 4.79 Å². The molecule has 2 atom stereocenters. The lowest BCUT2D eigenvalue weighted by molar-refractivity contribution is 0.0844. The first-order valence-electron chi connectivity index (χ1n) is 10.3. The molecule has 0 bridgehead atoms. The zero-order valence-electron chi connectivity index (χ0n) is 17.8. The van der Waals surface area contributed by atoms with Crippen LogP contribution < -0.4 is 0 Å². The van der Waals surface area contributed by atoms with Crippen LogP contribution in [0.5, 0.6) is 0 Å². The molecule has 1 aliphatic rings. The number of amides is 1. The number of benzene rings is 1. The molecule has 0 saturated heterocycles. The molecule has 0 heterocycles. The first-order chi connectivity index (χ1) is 13.4. The van der Waals surface area contributed by atoms with Crippen molar-refractivity contribution in [1.29, 1.82) is 0 Å². The van der Waals surface area contributed by atoms with E-state index in [0.717, 1.165) is 44.1 Å². The number of methoxy groups -OCH3 is 1. The van der Waals surface area contributed by atoms with E-state index in [1.54, 1.807) is 11.1 Å². The summed E-state index contributed by atoms with van der Waals surface area (Å²) in [5, 5.41) is 1.14. The number of nitrogens with zero attached hydrogens (tertiary/aromatic N) is 1. The van der Waals surface area contributed by atoms with E-state index in [1.165, 1.54) is 20.0 Å². The van der Waals surface area contributed by atoms with E-state index in [4.69, 9.17) is 27.9 Å². The fourth-order valence-corrected chi connectivity index (χ4v) is 4.45. The molecule has 5 heteroatoms. The van der Waals surface area contributed by atoms with Crippen LogP contribution >= 0.6 is 23.2 Å². The minimum atomic E-state index is -0.341. The number of halogens is 2. The van der Waals surface area contributed by atoms with Crippen molar-refractivity contribution in [1.82, 2.24) is 4.90 Å². The summed E-state index contributed by atoms with van der Waals surface area (Å²) >= 11 is 12.2. The number of hydrogen-bond donors (Lipinski definition) is 0. The Hall–Kier alpha value is -1.19. The third-order valence-corrected chi connectivity index (χ3v) is 6.30. The summed E-state index contributed by atoms with van der Waals surface area (Å²) in [4.78, 5) is 13.8. The normalized spacial score (nSPS) is 20.9. The molecule has 1 aliphatic carbocycles. The Balaban J connectivity index is 0.000000892. The molecule has 0 aliphatic heterocycles. The van der Waals surface area contributed by atoms with E-state index in [0.29, 0.717) is 10.0 Å². The average Bonchev–Trinajstić information content (AvgIpc) is 3.08. The predicted octanol–water partition coefficient (Wildman–Crippen LogP) is 7.89. The van der Waals surface area contributed by atoms with E-state index < -0.39 is 0 Å². The summed E-state index contributed by atoms with van der Waals surface area (Å²) < 4.78 is 4.95. The van der Waals surface area contributed by atoms with E-state index in [9.17, 15) is 4.79 Å². The molecular weight excluding hydrogens is 393 g/mol. The first-order valence-corrected chi connectivity index (χ1v) is 11.1. The Bertz CT molecular complexity index is 633. The number of rotatable bonds is 7. The highest BCUT2D eigenvalue weighted by molar-refractivity contribution is 6.42. The van der Waals surface area contributed by atoms with Crippen LogP contribution in [-0.4, -0.2) is 24.1 Å². The van der Waals surface area contributed by atoms with Gasteiger partial charge >= 0.3 is 6.09 Å². The molecule has 1 saturated carbocycles. The van der Waals surface area contributed by atoms with Gasteiger partial charge in [0.1, 0.15) is 0 Å². The summed E-state index contributed by atoms with van der Waals surface area (Å²) in [6.45, 7) is 10.4. The third kappa shape index (κ3) is 6.42. The monoisotopic (exact) mass is 427 g/mol. The van der Waals surface area contributed by atoms with Gasteiger partial charge in [-0.15, -0.1) is 0 Å². The number of hydrogen-bond acceptors (Lipinski definition) is 2. The zero-order chi connectivity index (χ0) is 21.2. The fourth-order valence-electron chi connectivity index (χ4n) is 4.13. The molecular formula is C23H35Cl2NO2. The van der Waals surface area contributed by atoms with E-state index >= 15 is 0 Å². The van der Waals surface area contributed by atoms with Gasteiger partial charge in [0.05, 0.1) is 17.2 Å². The lowest BCUT2D eigenvalue weighted by Gasteiger charge is -2.40. The maximum Gasteiger partial charge on any atom is 0.413 e. The third-order valence-electron chi connectivity index (χ3n) is 5.57. The van der Waals surface area contributed by atoms with Crippen molar-refractivity contribution in [2.45, 2.75) is 78.2 Å². The van der Waals surface area contributed by atoms with Crippen molar-refractivity contribution in [2.24, 2.45) is 5.41 Å². The average molecular weight is 428 g/mol. The van der Waals surface area contributed by atoms with Gasteiger partial charge in [0, 0.05) is 12.2 Å². The fraction of sp³-hybridized carbons (Fsp3) is 0.609. The van der Waals surface area contributed by atoms with Gasteiger partial charge < -0.3 is 4.74 Å². The predicted molar refractivity (Wildman–Crippen MR) is 120 cm³/mol. The highest BCUT2D eigenvalue weighted by Gasteiger charge is 2.46. The van der Waals surface area contributed by atoms with Crippen molar-refractivity contribution in [2.75, 3.05) is 7.11 Å². The molecule has 1 aromatic rings. The highest BCUT2D eigenvalue weighted by atomic mass is 35.5. The van der Waals surface area contributed by atoms with Gasteiger partial charge in [-0.05, 0) is 48.8 Å². The summed E-state index contributed by atoms with van der Waals surface area (Å²) in [7, 11) is 1.41. The summed E-state index contributed by atoms with van der Waals surface area (Å²) in [6, 6.07) is 5.90. The SMILES string of the molecule is C=CN(C(=O)OC)C1CCCC1(CCC)Cc1ccc(Cl)c(Cl)c1.CCCC. The Morgan fingerprint density at radius 2 is 1.93 bits per heavy atom. The van der Waals surface area contributed by atoms with Crippen LogP contribution in [0.3, 0.4) is 0 Å².